The van der Waals surface area contributed by atoms with Gasteiger partial charge in [-0.05, 0) is 43.2 Å². The van der Waals surface area contributed by atoms with Crippen molar-refractivity contribution < 1.29 is 13.6 Å². The Morgan fingerprint density at radius 1 is 1.10 bits per heavy atom. The monoisotopic (exact) mass is 286 g/mol. The summed E-state index contributed by atoms with van der Waals surface area (Å²) >= 11 is 0. The number of hydrogen-bond acceptors (Lipinski definition) is 2. The van der Waals surface area contributed by atoms with E-state index in [0.29, 0.717) is 17.3 Å². The molecule has 0 fully saturated rings. The van der Waals surface area contributed by atoms with Crippen LogP contribution in [0.25, 0.3) is 0 Å². The van der Waals surface area contributed by atoms with Gasteiger partial charge in [0.25, 0.3) is 5.91 Å². The van der Waals surface area contributed by atoms with Crippen LogP contribution in [0.1, 0.15) is 27.0 Å². The first-order valence-electron chi connectivity index (χ1n) is 6.20. The highest BCUT2D eigenvalue weighted by Gasteiger charge is 2.15. The summed E-state index contributed by atoms with van der Waals surface area (Å²) in [4.78, 5) is 12.1. The molecule has 21 heavy (non-hydrogen) atoms. The molecule has 1 N–H and O–H groups in total. The van der Waals surface area contributed by atoms with Crippen molar-refractivity contribution in [1.82, 2.24) is 0 Å². The minimum Gasteiger partial charge on any atom is -0.322 e. The minimum absolute atomic E-state index is 0.184. The van der Waals surface area contributed by atoms with Crippen LogP contribution < -0.4 is 5.32 Å². The first-order valence-corrected chi connectivity index (χ1v) is 6.20. The molecule has 0 radical (unpaired) electrons. The van der Waals surface area contributed by atoms with Crippen molar-refractivity contribution in [3.63, 3.8) is 0 Å². The van der Waals surface area contributed by atoms with Crippen molar-refractivity contribution in [2.45, 2.75) is 13.8 Å². The van der Waals surface area contributed by atoms with Gasteiger partial charge < -0.3 is 5.32 Å². The van der Waals surface area contributed by atoms with Gasteiger partial charge >= 0.3 is 0 Å². The molecule has 2 aromatic rings. The Kier molecular flexibility index (Phi) is 3.99. The molecule has 0 saturated carbocycles. The van der Waals surface area contributed by atoms with E-state index in [2.05, 4.69) is 5.32 Å². The molecule has 0 unspecified atom stereocenters. The molecule has 0 aliphatic rings. The third-order valence-electron chi connectivity index (χ3n) is 3.11. The lowest BCUT2D eigenvalue weighted by molar-refractivity contribution is 0.102. The van der Waals surface area contributed by atoms with Crippen LogP contribution in [0, 0.1) is 36.8 Å². The van der Waals surface area contributed by atoms with Gasteiger partial charge in [0.1, 0.15) is 11.6 Å². The number of nitrogens with one attached hydrogen (secondary N) is 1. The molecule has 0 bridgehead atoms. The number of nitrogens with zero attached hydrogens (tertiary/aromatic N) is 1. The highest BCUT2D eigenvalue weighted by Crippen LogP contribution is 2.20. The summed E-state index contributed by atoms with van der Waals surface area (Å²) in [6.45, 7) is 3.20. The second kappa shape index (κ2) is 5.71. The molecular formula is C16H12F2N2O. The molecule has 106 valence electrons. The smallest absolute Gasteiger partial charge is 0.258 e. The van der Waals surface area contributed by atoms with E-state index in [1.807, 2.05) is 6.07 Å². The fourth-order valence-electron chi connectivity index (χ4n) is 1.85. The van der Waals surface area contributed by atoms with Crippen molar-refractivity contribution in [3.05, 3.63) is 64.2 Å². The molecule has 3 nitrogen and oxygen atoms in total. The van der Waals surface area contributed by atoms with Crippen molar-refractivity contribution in [2.75, 3.05) is 5.32 Å². The highest BCUT2D eigenvalue weighted by atomic mass is 19.1. The number of carbonyl (C=O) groups is 1. The topological polar surface area (TPSA) is 52.9 Å². The summed E-state index contributed by atoms with van der Waals surface area (Å²) < 4.78 is 26.9. The number of rotatable bonds is 2. The predicted octanol–water partition coefficient (Wildman–Crippen LogP) is 3.71. The van der Waals surface area contributed by atoms with E-state index in [1.54, 1.807) is 19.1 Å². The van der Waals surface area contributed by atoms with Gasteiger partial charge in [0.2, 0.25) is 0 Å². The Morgan fingerprint density at radius 3 is 2.48 bits per heavy atom. The van der Waals surface area contributed by atoms with Crippen molar-refractivity contribution in [2.24, 2.45) is 0 Å². The maximum Gasteiger partial charge on any atom is 0.258 e. The standard InChI is InChI=1S/C16H12F2N2O/c1-9-3-4-11(8-19)6-15(9)20-16(21)12-5-10(2)13(17)7-14(12)18/h3-7H,1-2H3,(H,20,21). The van der Waals surface area contributed by atoms with Crippen molar-refractivity contribution in [3.8, 4) is 6.07 Å². The van der Waals surface area contributed by atoms with E-state index in [1.165, 1.54) is 13.0 Å². The lowest BCUT2D eigenvalue weighted by Crippen LogP contribution is -2.15. The van der Waals surface area contributed by atoms with E-state index in [4.69, 9.17) is 5.26 Å². The van der Waals surface area contributed by atoms with Crippen LogP contribution in [0.3, 0.4) is 0 Å². The number of nitriles is 1. The number of halogens is 2. The normalized spacial score (nSPS) is 10.0. The third-order valence-corrected chi connectivity index (χ3v) is 3.11. The fourth-order valence-corrected chi connectivity index (χ4v) is 1.85. The maximum atomic E-state index is 13.7. The number of anilines is 1. The van der Waals surface area contributed by atoms with Crippen molar-refractivity contribution >= 4 is 11.6 Å². The number of benzene rings is 2. The van der Waals surface area contributed by atoms with Crippen LogP contribution in [0.15, 0.2) is 30.3 Å². The van der Waals surface area contributed by atoms with E-state index < -0.39 is 17.5 Å². The Labute approximate surface area is 120 Å². The zero-order valence-electron chi connectivity index (χ0n) is 11.5. The Hall–Kier alpha value is -2.74. The molecule has 0 atom stereocenters. The largest absolute Gasteiger partial charge is 0.322 e. The van der Waals surface area contributed by atoms with Crippen LogP contribution in [-0.2, 0) is 0 Å². The summed E-state index contributed by atoms with van der Waals surface area (Å²) in [5, 5.41) is 11.4. The Morgan fingerprint density at radius 2 is 1.81 bits per heavy atom. The molecule has 0 spiro atoms. The number of amides is 1. The van der Waals surface area contributed by atoms with E-state index in [0.717, 1.165) is 11.6 Å². The molecular weight excluding hydrogens is 274 g/mol. The summed E-state index contributed by atoms with van der Waals surface area (Å²) in [6, 6.07) is 8.60. The third kappa shape index (κ3) is 3.06. The lowest BCUT2D eigenvalue weighted by Gasteiger charge is -2.10. The number of hydrogen-bond donors (Lipinski definition) is 1. The zero-order valence-corrected chi connectivity index (χ0v) is 11.5. The van der Waals surface area contributed by atoms with E-state index >= 15 is 0 Å². The molecule has 1 amide bonds. The van der Waals surface area contributed by atoms with Gasteiger partial charge in [-0.2, -0.15) is 5.26 Å². The first-order chi connectivity index (χ1) is 9.92. The van der Waals surface area contributed by atoms with Gasteiger partial charge in [-0.25, -0.2) is 8.78 Å². The Balaban J connectivity index is 2.35. The first kappa shape index (κ1) is 14.7. The van der Waals surface area contributed by atoms with Gasteiger partial charge in [0.15, 0.2) is 0 Å². The SMILES string of the molecule is Cc1cc(C(=O)Nc2cc(C#N)ccc2C)c(F)cc1F. The lowest BCUT2D eigenvalue weighted by atomic mass is 10.1. The second-order valence-electron chi connectivity index (χ2n) is 4.68. The maximum absolute atomic E-state index is 13.7. The Bertz CT molecular complexity index is 764. The quantitative estimate of drug-likeness (QED) is 0.915. The van der Waals surface area contributed by atoms with Gasteiger partial charge in [0, 0.05) is 11.8 Å². The van der Waals surface area contributed by atoms with Crippen molar-refractivity contribution in [1.29, 1.82) is 5.26 Å². The van der Waals surface area contributed by atoms with Crippen LogP contribution in [0.5, 0.6) is 0 Å². The van der Waals surface area contributed by atoms with Crippen LogP contribution in [0.4, 0.5) is 14.5 Å². The predicted molar refractivity (Wildman–Crippen MR) is 74.9 cm³/mol. The molecule has 2 aromatic carbocycles. The molecule has 0 aliphatic heterocycles. The highest BCUT2D eigenvalue weighted by molar-refractivity contribution is 6.05. The number of carbonyl (C=O) groups excluding carboxylic acids is 1. The summed E-state index contributed by atoms with van der Waals surface area (Å²) in [5.41, 5.74) is 1.48. The minimum atomic E-state index is -0.926. The summed E-state index contributed by atoms with van der Waals surface area (Å²) in [7, 11) is 0. The van der Waals surface area contributed by atoms with Gasteiger partial charge in [-0.15, -0.1) is 0 Å². The summed E-state index contributed by atoms with van der Waals surface area (Å²) in [6.07, 6.45) is 0. The summed E-state index contributed by atoms with van der Waals surface area (Å²) in [5.74, 6) is -2.31. The van der Waals surface area contributed by atoms with Gasteiger partial charge in [-0.1, -0.05) is 6.07 Å². The van der Waals surface area contributed by atoms with Gasteiger partial charge in [-0.3, -0.25) is 4.79 Å². The zero-order chi connectivity index (χ0) is 15.6. The van der Waals surface area contributed by atoms with E-state index in [9.17, 15) is 13.6 Å². The van der Waals surface area contributed by atoms with E-state index in [-0.39, 0.29) is 11.1 Å². The molecule has 5 heteroatoms. The van der Waals surface area contributed by atoms with Crippen LogP contribution in [0.2, 0.25) is 0 Å². The van der Waals surface area contributed by atoms with Crippen LogP contribution >= 0.6 is 0 Å². The molecule has 0 aromatic heterocycles. The molecule has 0 heterocycles. The average molecular weight is 286 g/mol. The van der Waals surface area contributed by atoms with Crippen LogP contribution in [-0.4, -0.2) is 5.91 Å². The molecule has 0 aliphatic carbocycles. The fraction of sp³-hybridized carbons (Fsp3) is 0.125. The molecule has 2 rings (SSSR count). The molecule has 0 saturated heterocycles. The average Bonchev–Trinajstić information content (AvgIpc) is 2.45. The second-order valence-corrected chi connectivity index (χ2v) is 4.68. The van der Waals surface area contributed by atoms with Gasteiger partial charge in [0.05, 0.1) is 17.2 Å². The number of aryl methyl sites for hydroxylation is 2.